The molecule has 0 bridgehead atoms. The molecule has 90 valence electrons. The minimum Gasteiger partial charge on any atom is -0.464 e. The summed E-state index contributed by atoms with van der Waals surface area (Å²) in [6.07, 6.45) is 4.80. The second kappa shape index (κ2) is 5.05. The third-order valence-electron chi connectivity index (χ3n) is 3.58. The summed E-state index contributed by atoms with van der Waals surface area (Å²) in [7, 11) is 1.39. The summed E-state index contributed by atoms with van der Waals surface area (Å²) in [6, 6.07) is 5.85. The molecule has 0 aromatic carbocycles. The van der Waals surface area contributed by atoms with Crippen LogP contribution in [-0.2, 0) is 11.3 Å². The van der Waals surface area contributed by atoms with Gasteiger partial charge in [0, 0.05) is 19.2 Å². The molecule has 1 heterocycles. The summed E-state index contributed by atoms with van der Waals surface area (Å²) in [6.45, 7) is 0.809. The van der Waals surface area contributed by atoms with Gasteiger partial charge in [-0.15, -0.1) is 0 Å². The number of methoxy groups -OCH3 is 1. The molecule has 2 rings (SSSR count). The summed E-state index contributed by atoms with van der Waals surface area (Å²) in [5, 5.41) is 8.70. The molecule has 0 aliphatic heterocycles. The van der Waals surface area contributed by atoms with Crippen molar-refractivity contribution in [3.63, 3.8) is 0 Å². The van der Waals surface area contributed by atoms with Crippen LogP contribution >= 0.6 is 0 Å². The quantitative estimate of drug-likeness (QED) is 0.748. The smallest absolute Gasteiger partial charge is 0.354 e. The standard InChI is InChI=1S/C13H16N2O2/c1-17-13(16)12-3-2-8-15(12)9-11-5-4-10(11)6-7-14/h2-3,8,10-11H,4-6,9H2,1H3/t10-,11-/m0/s1. The molecule has 1 saturated carbocycles. The molecule has 0 N–H and O–H groups in total. The van der Waals surface area contributed by atoms with Crippen molar-refractivity contribution in [1.82, 2.24) is 4.57 Å². The predicted octanol–water partition coefficient (Wildman–Crippen LogP) is 2.21. The molecule has 1 aliphatic carbocycles. The predicted molar refractivity (Wildman–Crippen MR) is 62.2 cm³/mol. The fraction of sp³-hybridized carbons (Fsp3) is 0.538. The van der Waals surface area contributed by atoms with E-state index in [9.17, 15) is 4.79 Å². The van der Waals surface area contributed by atoms with E-state index < -0.39 is 0 Å². The SMILES string of the molecule is COC(=O)c1cccn1C[C@@H]1CC[C@H]1CC#N. The van der Waals surface area contributed by atoms with Gasteiger partial charge in [0.15, 0.2) is 0 Å². The van der Waals surface area contributed by atoms with E-state index in [-0.39, 0.29) is 5.97 Å². The Morgan fingerprint density at radius 1 is 1.59 bits per heavy atom. The molecular formula is C13H16N2O2. The van der Waals surface area contributed by atoms with E-state index in [1.165, 1.54) is 7.11 Å². The summed E-state index contributed by atoms with van der Waals surface area (Å²) in [5.41, 5.74) is 0.593. The molecule has 4 heteroatoms. The lowest BCUT2D eigenvalue weighted by molar-refractivity contribution is 0.0582. The highest BCUT2D eigenvalue weighted by atomic mass is 16.5. The first-order chi connectivity index (χ1) is 8.26. The van der Waals surface area contributed by atoms with Gasteiger partial charge in [-0.05, 0) is 36.8 Å². The molecule has 0 spiro atoms. The van der Waals surface area contributed by atoms with Gasteiger partial charge in [-0.1, -0.05) is 0 Å². The monoisotopic (exact) mass is 232 g/mol. The highest BCUT2D eigenvalue weighted by molar-refractivity contribution is 5.87. The third-order valence-corrected chi connectivity index (χ3v) is 3.58. The second-order valence-electron chi connectivity index (χ2n) is 4.50. The van der Waals surface area contributed by atoms with Crippen LogP contribution in [0.3, 0.4) is 0 Å². The van der Waals surface area contributed by atoms with Crippen LogP contribution in [0.15, 0.2) is 18.3 Å². The Morgan fingerprint density at radius 2 is 2.35 bits per heavy atom. The fourth-order valence-corrected chi connectivity index (χ4v) is 2.38. The van der Waals surface area contributed by atoms with Crippen molar-refractivity contribution in [2.75, 3.05) is 7.11 Å². The van der Waals surface area contributed by atoms with E-state index in [2.05, 4.69) is 6.07 Å². The first kappa shape index (κ1) is 11.7. The van der Waals surface area contributed by atoms with Crippen LogP contribution in [0.1, 0.15) is 29.8 Å². The van der Waals surface area contributed by atoms with Gasteiger partial charge >= 0.3 is 5.97 Å². The van der Waals surface area contributed by atoms with Crippen molar-refractivity contribution in [3.05, 3.63) is 24.0 Å². The number of nitriles is 1. The maximum absolute atomic E-state index is 11.5. The van der Waals surface area contributed by atoms with Crippen molar-refractivity contribution in [2.45, 2.75) is 25.8 Å². The van der Waals surface area contributed by atoms with Crippen LogP contribution in [0, 0.1) is 23.2 Å². The summed E-state index contributed by atoms with van der Waals surface area (Å²) < 4.78 is 6.66. The number of hydrogen-bond acceptors (Lipinski definition) is 3. The van der Waals surface area contributed by atoms with Crippen molar-refractivity contribution < 1.29 is 9.53 Å². The molecule has 0 unspecified atom stereocenters. The number of aromatic nitrogens is 1. The van der Waals surface area contributed by atoms with Crippen molar-refractivity contribution in [2.24, 2.45) is 11.8 Å². The van der Waals surface area contributed by atoms with Crippen LogP contribution in [0.25, 0.3) is 0 Å². The molecule has 0 saturated heterocycles. The van der Waals surface area contributed by atoms with Crippen LogP contribution in [0.2, 0.25) is 0 Å². The van der Waals surface area contributed by atoms with Crippen LogP contribution < -0.4 is 0 Å². The fourth-order valence-electron chi connectivity index (χ4n) is 2.38. The average Bonchev–Trinajstić information content (AvgIpc) is 2.78. The highest BCUT2D eigenvalue weighted by Gasteiger charge is 2.31. The normalized spacial score (nSPS) is 22.6. The molecule has 0 amide bonds. The molecule has 1 aromatic rings. The number of esters is 1. The van der Waals surface area contributed by atoms with Gasteiger partial charge in [-0.2, -0.15) is 5.26 Å². The molecule has 1 fully saturated rings. The van der Waals surface area contributed by atoms with E-state index in [0.717, 1.165) is 19.4 Å². The van der Waals surface area contributed by atoms with Crippen LogP contribution in [-0.4, -0.2) is 17.6 Å². The molecule has 1 aromatic heterocycles. The lowest BCUT2D eigenvalue weighted by Crippen LogP contribution is -2.30. The van der Waals surface area contributed by atoms with E-state index >= 15 is 0 Å². The highest BCUT2D eigenvalue weighted by Crippen LogP contribution is 2.37. The molecule has 2 atom stereocenters. The van der Waals surface area contributed by atoms with Gasteiger partial charge in [0.2, 0.25) is 0 Å². The summed E-state index contributed by atoms with van der Waals surface area (Å²) in [4.78, 5) is 11.5. The Morgan fingerprint density at radius 3 is 2.94 bits per heavy atom. The molecule has 1 aliphatic rings. The number of carbonyl (C=O) groups is 1. The maximum Gasteiger partial charge on any atom is 0.354 e. The maximum atomic E-state index is 11.5. The van der Waals surface area contributed by atoms with Gasteiger partial charge < -0.3 is 9.30 Å². The van der Waals surface area contributed by atoms with E-state index in [4.69, 9.17) is 10.00 Å². The Labute approximate surface area is 101 Å². The largest absolute Gasteiger partial charge is 0.464 e. The Hall–Kier alpha value is -1.76. The lowest BCUT2D eigenvalue weighted by atomic mass is 9.72. The molecule has 0 radical (unpaired) electrons. The van der Waals surface area contributed by atoms with Gasteiger partial charge in [-0.25, -0.2) is 4.79 Å². The summed E-state index contributed by atoms with van der Waals surface area (Å²) >= 11 is 0. The topological polar surface area (TPSA) is 55.0 Å². The zero-order chi connectivity index (χ0) is 12.3. The van der Waals surface area contributed by atoms with Gasteiger partial charge in [0.25, 0.3) is 0 Å². The second-order valence-corrected chi connectivity index (χ2v) is 4.50. The van der Waals surface area contributed by atoms with E-state index in [1.807, 2.05) is 16.8 Å². The Kier molecular flexibility index (Phi) is 3.48. The van der Waals surface area contributed by atoms with Crippen molar-refractivity contribution >= 4 is 5.97 Å². The average molecular weight is 232 g/mol. The number of carbonyl (C=O) groups excluding carboxylic acids is 1. The molecule has 17 heavy (non-hydrogen) atoms. The van der Waals surface area contributed by atoms with Crippen LogP contribution in [0.4, 0.5) is 0 Å². The van der Waals surface area contributed by atoms with Crippen LogP contribution in [0.5, 0.6) is 0 Å². The Bertz CT molecular complexity index is 445. The minimum absolute atomic E-state index is 0.300. The Balaban J connectivity index is 2.02. The number of ether oxygens (including phenoxy) is 1. The van der Waals surface area contributed by atoms with Gasteiger partial charge in [-0.3, -0.25) is 0 Å². The van der Waals surface area contributed by atoms with Gasteiger partial charge in [0.05, 0.1) is 13.2 Å². The van der Waals surface area contributed by atoms with E-state index in [1.54, 1.807) is 6.07 Å². The first-order valence-corrected chi connectivity index (χ1v) is 5.86. The molecular weight excluding hydrogens is 216 g/mol. The zero-order valence-corrected chi connectivity index (χ0v) is 9.93. The number of hydrogen-bond donors (Lipinski definition) is 0. The lowest BCUT2D eigenvalue weighted by Gasteiger charge is -2.35. The van der Waals surface area contributed by atoms with Crippen molar-refractivity contribution in [3.8, 4) is 6.07 Å². The number of rotatable bonds is 4. The number of nitrogens with zero attached hydrogens (tertiary/aromatic N) is 2. The van der Waals surface area contributed by atoms with E-state index in [0.29, 0.717) is 24.0 Å². The first-order valence-electron chi connectivity index (χ1n) is 5.86. The minimum atomic E-state index is -0.300. The van der Waals surface area contributed by atoms with Gasteiger partial charge in [0.1, 0.15) is 5.69 Å². The van der Waals surface area contributed by atoms with Crippen molar-refractivity contribution in [1.29, 1.82) is 5.26 Å². The summed E-state index contributed by atoms with van der Waals surface area (Å²) in [5.74, 6) is 0.713. The molecule has 4 nitrogen and oxygen atoms in total. The zero-order valence-electron chi connectivity index (χ0n) is 9.93. The third kappa shape index (κ3) is 2.33.